The quantitative estimate of drug-likeness (QED) is 0.597. The molecule has 2 saturated carbocycles. The van der Waals surface area contributed by atoms with Gasteiger partial charge in [0.05, 0.1) is 29.8 Å². The summed E-state index contributed by atoms with van der Waals surface area (Å²) in [5.41, 5.74) is 0.0827. The van der Waals surface area contributed by atoms with Crippen LogP contribution in [0.5, 0.6) is 11.5 Å². The van der Waals surface area contributed by atoms with Gasteiger partial charge in [0.2, 0.25) is 5.91 Å². The molecule has 0 heterocycles. The van der Waals surface area contributed by atoms with Crippen molar-refractivity contribution in [1.82, 2.24) is 5.32 Å². The van der Waals surface area contributed by atoms with Crippen molar-refractivity contribution in [3.8, 4) is 11.5 Å². The fraction of sp³-hybridized carbons (Fsp3) is 0.435. The number of sulfonamides is 1. The molecule has 0 saturated heterocycles. The lowest BCUT2D eigenvalue weighted by Gasteiger charge is -2.27. The Labute approximate surface area is 197 Å². The molecule has 2 aromatic carbocycles. The number of carbonyl (C=O) groups excluding carboxylic acids is 1. The van der Waals surface area contributed by atoms with E-state index in [1.54, 1.807) is 0 Å². The summed E-state index contributed by atoms with van der Waals surface area (Å²) in [4.78, 5) is 12.8. The van der Waals surface area contributed by atoms with Crippen LogP contribution >= 0.6 is 11.6 Å². The molecule has 0 aliphatic heterocycles. The van der Waals surface area contributed by atoms with Crippen LogP contribution in [0.25, 0.3) is 0 Å². The maximum absolute atomic E-state index is 13.8. The number of rotatable bonds is 8. The number of anilines is 1. The minimum Gasteiger partial charge on any atom is -0.493 e. The molecule has 1 amide bonds. The van der Waals surface area contributed by atoms with Gasteiger partial charge in [0.15, 0.2) is 11.5 Å². The van der Waals surface area contributed by atoms with Gasteiger partial charge < -0.3 is 14.8 Å². The normalized spacial score (nSPS) is 21.6. The minimum absolute atomic E-state index is 0.0543. The molecule has 2 fully saturated rings. The zero-order chi connectivity index (χ0) is 23.8. The van der Waals surface area contributed by atoms with Crippen molar-refractivity contribution < 1.29 is 27.1 Å². The third kappa shape index (κ3) is 4.75. The van der Waals surface area contributed by atoms with E-state index in [-0.39, 0.29) is 27.4 Å². The molecule has 33 heavy (non-hydrogen) atoms. The first-order chi connectivity index (χ1) is 15.7. The van der Waals surface area contributed by atoms with Crippen molar-refractivity contribution in [3.63, 3.8) is 0 Å². The van der Waals surface area contributed by atoms with E-state index in [9.17, 15) is 17.6 Å². The zero-order valence-corrected chi connectivity index (χ0v) is 20.0. The SMILES string of the molecule is COc1ccc(S(=O)(=O)N(CC(=O)NC2CC3CCC2C3)c2ccc(F)c(Cl)c2)cc1OC. The number of methoxy groups -OCH3 is 2. The summed E-state index contributed by atoms with van der Waals surface area (Å²) in [5, 5.41) is 2.76. The van der Waals surface area contributed by atoms with E-state index in [0.29, 0.717) is 17.6 Å². The molecule has 10 heteroatoms. The van der Waals surface area contributed by atoms with Gasteiger partial charge in [-0.25, -0.2) is 12.8 Å². The van der Waals surface area contributed by atoms with Crippen LogP contribution in [-0.2, 0) is 14.8 Å². The van der Waals surface area contributed by atoms with E-state index in [0.717, 1.165) is 29.6 Å². The molecule has 1 N–H and O–H groups in total. The smallest absolute Gasteiger partial charge is 0.264 e. The van der Waals surface area contributed by atoms with Gasteiger partial charge in [-0.3, -0.25) is 9.10 Å². The van der Waals surface area contributed by atoms with Crippen LogP contribution in [0.4, 0.5) is 10.1 Å². The monoisotopic (exact) mass is 496 g/mol. The summed E-state index contributed by atoms with van der Waals surface area (Å²) in [5.74, 6) is 0.550. The maximum atomic E-state index is 13.8. The van der Waals surface area contributed by atoms with E-state index >= 15 is 0 Å². The van der Waals surface area contributed by atoms with Gasteiger partial charge in [-0.15, -0.1) is 0 Å². The number of halogens is 2. The third-order valence-corrected chi connectivity index (χ3v) is 8.57. The van der Waals surface area contributed by atoms with Crippen molar-refractivity contribution >= 4 is 33.2 Å². The van der Waals surface area contributed by atoms with Crippen LogP contribution in [0.1, 0.15) is 25.7 Å². The van der Waals surface area contributed by atoms with Crippen molar-refractivity contribution in [1.29, 1.82) is 0 Å². The largest absolute Gasteiger partial charge is 0.493 e. The highest BCUT2D eigenvalue weighted by Gasteiger charge is 2.40. The number of carbonyl (C=O) groups is 1. The van der Waals surface area contributed by atoms with Crippen LogP contribution in [0.3, 0.4) is 0 Å². The number of nitrogens with one attached hydrogen (secondary N) is 1. The van der Waals surface area contributed by atoms with Gasteiger partial charge in [0.25, 0.3) is 10.0 Å². The topological polar surface area (TPSA) is 84.9 Å². The Morgan fingerprint density at radius 2 is 1.88 bits per heavy atom. The third-order valence-electron chi connectivity index (χ3n) is 6.51. The fourth-order valence-electron chi connectivity index (χ4n) is 4.86. The molecule has 0 aromatic heterocycles. The predicted molar refractivity (Wildman–Crippen MR) is 123 cm³/mol. The molecule has 4 rings (SSSR count). The van der Waals surface area contributed by atoms with E-state index in [1.165, 1.54) is 51.0 Å². The van der Waals surface area contributed by atoms with E-state index < -0.39 is 28.3 Å². The lowest BCUT2D eigenvalue weighted by Crippen LogP contribution is -2.46. The molecule has 2 bridgehead atoms. The second-order valence-electron chi connectivity index (χ2n) is 8.48. The van der Waals surface area contributed by atoms with Crippen LogP contribution in [-0.4, -0.2) is 41.1 Å². The van der Waals surface area contributed by atoms with Gasteiger partial charge >= 0.3 is 0 Å². The van der Waals surface area contributed by atoms with Gasteiger partial charge in [-0.05, 0) is 61.4 Å². The molecule has 0 spiro atoms. The highest BCUT2D eigenvalue weighted by molar-refractivity contribution is 7.92. The summed E-state index contributed by atoms with van der Waals surface area (Å²) in [6, 6.07) is 7.76. The Morgan fingerprint density at radius 1 is 1.12 bits per heavy atom. The fourth-order valence-corrected chi connectivity index (χ4v) is 6.47. The van der Waals surface area contributed by atoms with Gasteiger partial charge in [-0.2, -0.15) is 0 Å². The molecule has 2 aliphatic carbocycles. The summed E-state index contributed by atoms with van der Waals surface area (Å²) in [6.45, 7) is -0.466. The van der Waals surface area contributed by atoms with E-state index in [1.807, 2.05) is 0 Å². The number of nitrogens with zero attached hydrogens (tertiary/aromatic N) is 1. The number of hydrogen-bond acceptors (Lipinski definition) is 5. The van der Waals surface area contributed by atoms with Crippen molar-refractivity contribution in [3.05, 3.63) is 47.2 Å². The van der Waals surface area contributed by atoms with Gasteiger partial charge in [0, 0.05) is 12.1 Å². The molecular formula is C23H26ClFN2O5S. The Bertz CT molecular complexity index is 1160. The number of fused-ring (bicyclic) bond motifs is 2. The standard InChI is InChI=1S/C23H26ClFN2O5S/c1-31-21-8-6-17(12-22(21)32-2)33(29,30)27(16-5-7-19(25)18(24)11-16)13-23(28)26-20-10-14-3-4-15(20)9-14/h5-8,11-12,14-15,20H,3-4,9-10,13H2,1-2H3,(H,26,28). The summed E-state index contributed by atoms with van der Waals surface area (Å²) >= 11 is 5.92. The van der Waals surface area contributed by atoms with Crippen LogP contribution < -0.4 is 19.1 Å². The second kappa shape index (κ2) is 9.38. The van der Waals surface area contributed by atoms with Crippen molar-refractivity contribution in [2.45, 2.75) is 36.6 Å². The first-order valence-electron chi connectivity index (χ1n) is 10.7. The first-order valence-corrected chi connectivity index (χ1v) is 12.5. The molecule has 3 unspecified atom stereocenters. The van der Waals surface area contributed by atoms with Gasteiger partial charge in [-0.1, -0.05) is 18.0 Å². The number of hydrogen-bond donors (Lipinski definition) is 1. The van der Waals surface area contributed by atoms with Gasteiger partial charge in [0.1, 0.15) is 12.4 Å². The number of benzene rings is 2. The molecule has 178 valence electrons. The summed E-state index contributed by atoms with van der Waals surface area (Å²) < 4.78 is 52.3. The molecular weight excluding hydrogens is 471 g/mol. The molecule has 2 aliphatic rings. The lowest BCUT2D eigenvalue weighted by molar-refractivity contribution is -0.120. The first kappa shape index (κ1) is 23.6. The van der Waals surface area contributed by atoms with Crippen molar-refractivity contribution in [2.75, 3.05) is 25.1 Å². The van der Waals surface area contributed by atoms with E-state index in [4.69, 9.17) is 21.1 Å². The Kier molecular flexibility index (Phi) is 6.72. The van der Waals surface area contributed by atoms with Crippen LogP contribution in [0.15, 0.2) is 41.3 Å². The van der Waals surface area contributed by atoms with E-state index in [2.05, 4.69) is 5.32 Å². The minimum atomic E-state index is -4.22. The van der Waals surface area contributed by atoms with Crippen molar-refractivity contribution in [2.24, 2.45) is 11.8 Å². The molecule has 2 aromatic rings. The highest BCUT2D eigenvalue weighted by atomic mass is 35.5. The summed E-state index contributed by atoms with van der Waals surface area (Å²) in [7, 11) is -1.38. The average Bonchev–Trinajstić information content (AvgIpc) is 3.42. The Morgan fingerprint density at radius 3 is 2.48 bits per heavy atom. The molecule has 0 radical (unpaired) electrons. The average molecular weight is 497 g/mol. The predicted octanol–water partition coefficient (Wildman–Crippen LogP) is 4.00. The Balaban J connectivity index is 1.66. The maximum Gasteiger partial charge on any atom is 0.264 e. The Hall–Kier alpha value is -2.52. The second-order valence-corrected chi connectivity index (χ2v) is 10.7. The highest BCUT2D eigenvalue weighted by Crippen LogP contribution is 2.44. The lowest BCUT2D eigenvalue weighted by atomic mass is 9.95. The number of ether oxygens (including phenoxy) is 2. The zero-order valence-electron chi connectivity index (χ0n) is 18.4. The molecule has 7 nitrogen and oxygen atoms in total. The molecule has 3 atom stereocenters. The van der Waals surface area contributed by atoms with Crippen LogP contribution in [0.2, 0.25) is 5.02 Å². The van der Waals surface area contributed by atoms with Crippen LogP contribution in [0, 0.1) is 17.7 Å². The summed E-state index contributed by atoms with van der Waals surface area (Å²) in [6.07, 6.45) is 4.29. The number of amides is 1.